The van der Waals surface area contributed by atoms with Gasteiger partial charge in [-0.1, -0.05) is 170 Å². The largest absolute Gasteiger partial charge is 0.476 e. The van der Waals surface area contributed by atoms with Crippen LogP contribution in [0.1, 0.15) is 232 Å². The Morgan fingerprint density at radius 2 is 0.775 bits per heavy atom. The van der Waals surface area contributed by atoms with Crippen molar-refractivity contribution in [1.29, 1.82) is 0 Å². The Kier molecular flexibility index (Phi) is 31.0. The van der Waals surface area contributed by atoms with Crippen LogP contribution in [0.15, 0.2) is 102 Å². The molecule has 3 aliphatic heterocycles. The molecule has 0 radical (unpaired) electrons. The maximum Gasteiger partial charge on any atom is 0.355 e. The van der Waals surface area contributed by atoms with Crippen LogP contribution in [-0.4, -0.2) is 94.5 Å². The third-order valence-electron chi connectivity index (χ3n) is 16.6. The SMILES string of the molecule is CCCCCCC(O)c1ccc(N2C(=O)CC[C@@H]2CCSc2nc(C(=O)O)cs2)cc1.CCCCCCC(O)c1ccc(N2C(=O)CC[C@@H]2CCSc2nc(C)cs2)cc1.CCCCCCC(O)c1ccc(N2C(=O)CC[C@@H]2CCSc2nc(C)cs2)cc1. The average molecular weight is 1330 g/mol. The molecule has 3 unspecified atom stereocenters. The molecular weight excluding hydrogens is 1230 g/mol. The minimum atomic E-state index is -1.01. The van der Waals surface area contributed by atoms with E-state index in [1.54, 1.807) is 51.6 Å². The van der Waals surface area contributed by atoms with Gasteiger partial charge in [-0.25, -0.2) is 19.7 Å². The quantitative estimate of drug-likeness (QED) is 0.0220. The smallest absolute Gasteiger partial charge is 0.355 e. The van der Waals surface area contributed by atoms with Crippen molar-refractivity contribution in [3.63, 3.8) is 0 Å². The summed E-state index contributed by atoms with van der Waals surface area (Å²) in [5.41, 5.74) is 7.80. The van der Waals surface area contributed by atoms with E-state index >= 15 is 0 Å². The molecule has 0 saturated carbocycles. The third-order valence-corrected chi connectivity index (χ3v) is 23.0. The molecule has 3 fully saturated rings. The lowest BCUT2D eigenvalue weighted by Gasteiger charge is -2.25. The highest BCUT2D eigenvalue weighted by molar-refractivity contribution is 8.01. The zero-order valence-electron chi connectivity index (χ0n) is 52.8. The van der Waals surface area contributed by atoms with Gasteiger partial charge in [-0.05, 0) is 125 Å². The van der Waals surface area contributed by atoms with Crippen molar-refractivity contribution < 1.29 is 39.6 Å². The van der Waals surface area contributed by atoms with Crippen LogP contribution in [0.4, 0.5) is 17.1 Å². The molecule has 4 N–H and O–H groups in total. The number of amides is 3. The van der Waals surface area contributed by atoms with Gasteiger partial charge in [-0.15, -0.1) is 34.0 Å². The number of hydrogen-bond donors (Lipinski definition) is 4. The molecule has 6 atom stereocenters. The van der Waals surface area contributed by atoms with Crippen LogP contribution in [-0.2, 0) is 14.4 Å². The van der Waals surface area contributed by atoms with Crippen molar-refractivity contribution in [3.8, 4) is 0 Å². The molecule has 14 nitrogen and oxygen atoms in total. The van der Waals surface area contributed by atoms with Gasteiger partial charge in [0.05, 0.1) is 18.3 Å². The molecule has 3 aromatic heterocycles. The predicted molar refractivity (Wildman–Crippen MR) is 371 cm³/mol. The van der Waals surface area contributed by atoms with E-state index in [-0.39, 0.29) is 41.5 Å². The number of aliphatic hydroxyl groups is 3. The van der Waals surface area contributed by atoms with E-state index in [1.165, 1.54) is 74.5 Å². The number of aromatic carboxylic acids is 1. The van der Waals surface area contributed by atoms with E-state index in [9.17, 15) is 34.5 Å². The molecule has 0 bridgehead atoms. The maximum atomic E-state index is 12.5. The number of hydrogen-bond acceptors (Lipinski definition) is 16. The monoisotopic (exact) mass is 1330 g/mol. The number of carbonyl (C=O) groups excluding carboxylic acids is 3. The highest BCUT2D eigenvalue weighted by Gasteiger charge is 2.34. The van der Waals surface area contributed by atoms with Crippen molar-refractivity contribution in [1.82, 2.24) is 15.0 Å². The van der Waals surface area contributed by atoms with Crippen molar-refractivity contribution in [2.75, 3.05) is 32.0 Å². The number of anilines is 3. The van der Waals surface area contributed by atoms with Crippen LogP contribution in [0.3, 0.4) is 0 Å². The van der Waals surface area contributed by atoms with E-state index in [1.807, 2.05) is 101 Å². The number of aryl methyl sites for hydroxylation is 2. The fraction of sp³-hybridized carbons (Fsp3) is 0.551. The van der Waals surface area contributed by atoms with Crippen LogP contribution in [0, 0.1) is 13.8 Å². The van der Waals surface area contributed by atoms with Gasteiger partial charge in [-0.3, -0.25) is 14.4 Å². The molecule has 20 heteroatoms. The van der Waals surface area contributed by atoms with Gasteiger partial charge in [0.15, 0.2) is 10.0 Å². The molecule has 3 saturated heterocycles. The van der Waals surface area contributed by atoms with Gasteiger partial charge in [0.25, 0.3) is 0 Å². The van der Waals surface area contributed by atoms with Crippen LogP contribution in [0.5, 0.6) is 0 Å². The van der Waals surface area contributed by atoms with Gasteiger partial charge in [0.1, 0.15) is 8.68 Å². The summed E-state index contributed by atoms with van der Waals surface area (Å²) in [6.07, 6.45) is 22.1. The number of aliphatic hydroxyl groups excluding tert-OH is 3. The summed E-state index contributed by atoms with van der Waals surface area (Å²) in [7, 11) is 0. The summed E-state index contributed by atoms with van der Waals surface area (Å²) in [6.45, 7) is 10.6. The minimum absolute atomic E-state index is 0.0813. The first kappa shape index (κ1) is 71.8. The first-order valence-corrected chi connectivity index (χ1v) is 38.0. The Labute approximate surface area is 553 Å². The first-order valence-electron chi connectivity index (χ1n) is 32.4. The minimum Gasteiger partial charge on any atom is -0.476 e. The first-order chi connectivity index (χ1) is 43.1. The lowest BCUT2D eigenvalue weighted by molar-refractivity contribution is -0.118. The molecule has 6 aromatic rings. The van der Waals surface area contributed by atoms with Crippen LogP contribution < -0.4 is 14.7 Å². The van der Waals surface area contributed by atoms with Gasteiger partial charge < -0.3 is 35.1 Å². The van der Waals surface area contributed by atoms with Crippen LogP contribution in [0.25, 0.3) is 0 Å². The van der Waals surface area contributed by atoms with E-state index in [0.29, 0.717) is 19.3 Å². The Morgan fingerprint density at radius 1 is 0.472 bits per heavy atom. The number of carboxylic acids is 1. The normalized spacial score (nSPS) is 17.6. The summed E-state index contributed by atoms with van der Waals surface area (Å²) >= 11 is 9.81. The summed E-state index contributed by atoms with van der Waals surface area (Å²) < 4.78 is 2.96. The third kappa shape index (κ3) is 22.9. The lowest BCUT2D eigenvalue weighted by atomic mass is 10.0. The predicted octanol–water partition coefficient (Wildman–Crippen LogP) is 17.8. The number of unbranched alkanes of at least 4 members (excludes halogenated alkanes) is 9. The van der Waals surface area contributed by atoms with Crippen LogP contribution >= 0.6 is 69.3 Å². The van der Waals surface area contributed by atoms with Crippen molar-refractivity contribution in [2.45, 2.75) is 238 Å². The van der Waals surface area contributed by atoms with Gasteiger partial charge in [-0.2, -0.15) is 0 Å². The van der Waals surface area contributed by atoms with E-state index < -0.39 is 24.3 Å². The number of carbonyl (C=O) groups is 4. The summed E-state index contributed by atoms with van der Waals surface area (Å²) in [5, 5.41) is 45.9. The standard InChI is InChI=1S/C23H30N2O4S2.2C23H32N2O2S2/c1-2-3-4-5-6-20(26)16-7-9-17(10-8-16)25-18(11-12-21(25)27)13-14-30-23-24-19(15-31-23)22(28)29;2*1-3-4-5-6-7-21(26)18-8-10-19(11-9-18)25-20(12-13-22(25)27)14-15-28-23-24-17(2)16-29-23/h7-10,15,18,20,26H,2-6,11-14H2,1H3,(H,28,29);2*8-11,16,20-21,26H,3-7,12-15H2,1-2H3/t18-,20?;2*20-,21?/m111/s1. The van der Waals surface area contributed by atoms with Crippen molar-refractivity contribution >= 4 is 110 Å². The van der Waals surface area contributed by atoms with Gasteiger partial charge in [0.2, 0.25) is 17.7 Å². The number of benzene rings is 3. The molecule has 0 aliphatic carbocycles. The maximum absolute atomic E-state index is 12.5. The fourth-order valence-corrected chi connectivity index (χ4v) is 17.4. The molecule has 484 valence electrons. The highest BCUT2D eigenvalue weighted by atomic mass is 32.2. The second kappa shape index (κ2) is 38.4. The van der Waals surface area contributed by atoms with Crippen molar-refractivity contribution in [2.24, 2.45) is 0 Å². The van der Waals surface area contributed by atoms with E-state index in [4.69, 9.17) is 5.11 Å². The summed E-state index contributed by atoms with van der Waals surface area (Å²) in [6, 6.07) is 24.3. The molecule has 3 amide bonds. The van der Waals surface area contributed by atoms with E-state index in [2.05, 4.69) is 46.5 Å². The second-order valence-electron chi connectivity index (χ2n) is 23.5. The summed E-state index contributed by atoms with van der Waals surface area (Å²) in [4.78, 5) is 67.4. The molecule has 0 spiro atoms. The molecular formula is C69H94N6O8S6. The van der Waals surface area contributed by atoms with Crippen LogP contribution in [0.2, 0.25) is 0 Å². The lowest BCUT2D eigenvalue weighted by Crippen LogP contribution is -2.33. The Balaban J connectivity index is 0.000000190. The zero-order chi connectivity index (χ0) is 63.5. The molecule has 9 rings (SSSR count). The number of nitrogens with zero attached hydrogens (tertiary/aromatic N) is 6. The average Bonchev–Trinajstić information content (AvgIpc) is 2.62. The van der Waals surface area contributed by atoms with Gasteiger partial charge >= 0.3 is 5.97 Å². The van der Waals surface area contributed by atoms with Gasteiger partial charge in [0, 0.05) is 99.2 Å². The Bertz CT molecular complexity index is 2930. The summed E-state index contributed by atoms with van der Waals surface area (Å²) in [5.74, 6) is 2.24. The number of carboxylic acid groups (broad SMARTS) is 1. The Morgan fingerprint density at radius 3 is 1.04 bits per heavy atom. The molecule has 6 heterocycles. The van der Waals surface area contributed by atoms with Crippen molar-refractivity contribution in [3.05, 3.63) is 123 Å². The number of aromatic nitrogens is 3. The highest BCUT2D eigenvalue weighted by Crippen LogP contribution is 2.37. The number of thioether (sulfide) groups is 3. The molecule has 3 aromatic carbocycles. The molecule has 89 heavy (non-hydrogen) atoms. The fourth-order valence-electron chi connectivity index (χ4n) is 11.5. The molecule has 3 aliphatic rings. The zero-order valence-corrected chi connectivity index (χ0v) is 57.7. The number of rotatable bonds is 34. The number of thiazole rings is 3. The second-order valence-corrected chi connectivity index (χ2v) is 30.1. The topological polar surface area (TPSA) is 198 Å². The Hall–Kier alpha value is -4.64. The van der Waals surface area contributed by atoms with E-state index in [0.717, 1.165) is 159 Å².